The number of nitrogens with zero attached hydrogens (tertiary/aromatic N) is 3. The molecule has 2 aliphatic heterocycles. The fourth-order valence-corrected chi connectivity index (χ4v) is 3.20. The molecular formula is C15H29N5O. The van der Waals surface area contributed by atoms with Crippen molar-refractivity contribution in [3.63, 3.8) is 0 Å². The highest BCUT2D eigenvalue weighted by Crippen LogP contribution is 2.16. The Hall–Kier alpha value is -1.30. The van der Waals surface area contributed by atoms with Gasteiger partial charge in [-0.3, -0.25) is 9.79 Å². The molecule has 0 bridgehead atoms. The summed E-state index contributed by atoms with van der Waals surface area (Å²) in [5, 5.41) is 0. The molecule has 2 saturated heterocycles. The van der Waals surface area contributed by atoms with Crippen molar-refractivity contribution in [1.29, 1.82) is 0 Å². The Morgan fingerprint density at radius 2 is 1.86 bits per heavy atom. The van der Waals surface area contributed by atoms with Gasteiger partial charge in [-0.1, -0.05) is 0 Å². The quantitative estimate of drug-likeness (QED) is 0.436. The average molecular weight is 295 g/mol. The fraction of sp³-hybridized carbons (Fsp3) is 0.867. The van der Waals surface area contributed by atoms with Crippen molar-refractivity contribution in [3.8, 4) is 0 Å². The normalized spacial score (nSPS) is 25.0. The van der Waals surface area contributed by atoms with E-state index in [1.54, 1.807) is 0 Å². The Kier molecular flexibility index (Phi) is 6.29. The highest BCUT2D eigenvalue weighted by Gasteiger charge is 2.23. The molecular weight excluding hydrogens is 266 g/mol. The zero-order valence-corrected chi connectivity index (χ0v) is 13.0. The van der Waals surface area contributed by atoms with Crippen molar-refractivity contribution in [2.45, 2.75) is 38.5 Å². The van der Waals surface area contributed by atoms with Crippen LogP contribution in [0.2, 0.25) is 0 Å². The minimum atomic E-state index is -0.160. The number of rotatable bonds is 5. The first kappa shape index (κ1) is 16.1. The molecule has 0 radical (unpaired) electrons. The Labute approximate surface area is 127 Å². The van der Waals surface area contributed by atoms with Crippen molar-refractivity contribution >= 4 is 11.9 Å². The molecule has 1 atom stereocenters. The number of carbonyl (C=O) groups excluding carboxylic acids is 1. The van der Waals surface area contributed by atoms with Crippen LogP contribution in [0.25, 0.3) is 0 Å². The first-order chi connectivity index (χ1) is 10.2. The van der Waals surface area contributed by atoms with Gasteiger partial charge in [0.2, 0.25) is 5.91 Å². The van der Waals surface area contributed by atoms with Crippen molar-refractivity contribution < 1.29 is 4.79 Å². The van der Waals surface area contributed by atoms with Gasteiger partial charge in [0.25, 0.3) is 0 Å². The van der Waals surface area contributed by atoms with Gasteiger partial charge in [0, 0.05) is 26.2 Å². The largest absolute Gasteiger partial charge is 0.370 e. The Morgan fingerprint density at radius 1 is 1.10 bits per heavy atom. The first-order valence-electron chi connectivity index (χ1n) is 8.23. The third-order valence-corrected chi connectivity index (χ3v) is 4.49. The monoisotopic (exact) mass is 295 g/mol. The van der Waals surface area contributed by atoms with Gasteiger partial charge >= 0.3 is 0 Å². The molecule has 6 heteroatoms. The van der Waals surface area contributed by atoms with E-state index in [4.69, 9.17) is 11.5 Å². The number of likely N-dealkylation sites (tertiary alicyclic amines) is 2. The predicted molar refractivity (Wildman–Crippen MR) is 84.9 cm³/mol. The first-order valence-corrected chi connectivity index (χ1v) is 8.23. The molecule has 0 aromatic rings. The summed E-state index contributed by atoms with van der Waals surface area (Å²) in [5.41, 5.74) is 11.4. The molecule has 0 saturated carbocycles. The van der Waals surface area contributed by atoms with E-state index in [1.807, 2.05) is 0 Å². The lowest BCUT2D eigenvalue weighted by Crippen LogP contribution is -2.42. The summed E-state index contributed by atoms with van der Waals surface area (Å²) in [6.07, 6.45) is 6.73. The van der Waals surface area contributed by atoms with E-state index in [-0.39, 0.29) is 11.8 Å². The van der Waals surface area contributed by atoms with Gasteiger partial charge in [-0.25, -0.2) is 0 Å². The Balaban J connectivity index is 1.65. The van der Waals surface area contributed by atoms with Gasteiger partial charge < -0.3 is 21.3 Å². The van der Waals surface area contributed by atoms with Crippen LogP contribution in [0, 0.1) is 5.92 Å². The van der Waals surface area contributed by atoms with Crippen LogP contribution in [0.4, 0.5) is 0 Å². The summed E-state index contributed by atoms with van der Waals surface area (Å²) >= 11 is 0. The van der Waals surface area contributed by atoms with E-state index in [0.717, 1.165) is 58.5 Å². The second-order valence-electron chi connectivity index (χ2n) is 6.18. The van der Waals surface area contributed by atoms with Gasteiger partial charge in [0.15, 0.2) is 5.96 Å². The smallest absolute Gasteiger partial charge is 0.221 e. The van der Waals surface area contributed by atoms with Crippen molar-refractivity contribution in [1.82, 2.24) is 9.80 Å². The number of amides is 1. The van der Waals surface area contributed by atoms with Gasteiger partial charge in [0.05, 0.1) is 5.92 Å². The van der Waals surface area contributed by atoms with Crippen LogP contribution in [0.15, 0.2) is 4.99 Å². The lowest BCUT2D eigenvalue weighted by Gasteiger charge is -2.31. The molecule has 0 spiro atoms. The van der Waals surface area contributed by atoms with Gasteiger partial charge in [-0.05, 0) is 51.6 Å². The fourth-order valence-electron chi connectivity index (χ4n) is 3.20. The molecule has 0 aromatic carbocycles. The molecule has 2 fully saturated rings. The van der Waals surface area contributed by atoms with Crippen LogP contribution < -0.4 is 11.5 Å². The lowest BCUT2D eigenvalue weighted by atomic mass is 9.97. The topological polar surface area (TPSA) is 88.0 Å². The minimum absolute atomic E-state index is 0.0284. The molecule has 2 aliphatic rings. The number of nitrogens with two attached hydrogens (primary N) is 2. The van der Waals surface area contributed by atoms with Gasteiger partial charge in [0.1, 0.15) is 0 Å². The van der Waals surface area contributed by atoms with Gasteiger partial charge in [-0.15, -0.1) is 0 Å². The molecule has 0 aliphatic carbocycles. The highest BCUT2D eigenvalue weighted by molar-refractivity contribution is 5.78. The summed E-state index contributed by atoms with van der Waals surface area (Å²) in [4.78, 5) is 20.2. The van der Waals surface area contributed by atoms with Gasteiger partial charge in [-0.2, -0.15) is 0 Å². The van der Waals surface area contributed by atoms with Crippen LogP contribution in [-0.4, -0.2) is 60.9 Å². The number of guanidine groups is 1. The maximum absolute atomic E-state index is 11.2. The SMILES string of the molecule is NC(=O)C1CCCN(CCCN=C(N)N2CCCCC2)C1. The molecule has 1 unspecified atom stereocenters. The van der Waals surface area contributed by atoms with Crippen LogP contribution >= 0.6 is 0 Å². The number of carbonyl (C=O) groups is 1. The van der Waals surface area contributed by atoms with Crippen molar-refractivity contribution in [2.75, 3.05) is 39.3 Å². The zero-order valence-electron chi connectivity index (χ0n) is 13.0. The molecule has 0 aromatic heterocycles. The summed E-state index contributed by atoms with van der Waals surface area (Å²) in [6, 6.07) is 0. The molecule has 2 heterocycles. The van der Waals surface area contributed by atoms with Crippen molar-refractivity contribution in [2.24, 2.45) is 22.4 Å². The molecule has 6 nitrogen and oxygen atoms in total. The zero-order chi connectivity index (χ0) is 15.1. The average Bonchev–Trinajstić information content (AvgIpc) is 2.52. The third kappa shape index (κ3) is 5.19. The minimum Gasteiger partial charge on any atom is -0.370 e. The molecule has 120 valence electrons. The Morgan fingerprint density at radius 3 is 2.57 bits per heavy atom. The van der Waals surface area contributed by atoms with E-state index < -0.39 is 0 Å². The number of hydrogen-bond acceptors (Lipinski definition) is 3. The standard InChI is InChI=1S/C15H29N5O/c16-14(21)13-6-4-8-19(12-13)9-5-7-18-15(17)20-10-2-1-3-11-20/h13H,1-12H2,(H2,16,21)(H2,17,18). The number of hydrogen-bond donors (Lipinski definition) is 2. The number of piperidine rings is 2. The molecule has 2 rings (SSSR count). The number of primary amides is 1. The summed E-state index contributed by atoms with van der Waals surface area (Å²) < 4.78 is 0. The summed E-state index contributed by atoms with van der Waals surface area (Å²) in [5.74, 6) is 0.566. The van der Waals surface area contributed by atoms with E-state index >= 15 is 0 Å². The molecule has 21 heavy (non-hydrogen) atoms. The highest BCUT2D eigenvalue weighted by atomic mass is 16.1. The summed E-state index contributed by atoms with van der Waals surface area (Å²) in [6.45, 7) is 5.69. The van der Waals surface area contributed by atoms with Crippen LogP contribution in [-0.2, 0) is 4.79 Å². The van der Waals surface area contributed by atoms with E-state index in [2.05, 4.69) is 14.8 Å². The summed E-state index contributed by atoms with van der Waals surface area (Å²) in [7, 11) is 0. The maximum Gasteiger partial charge on any atom is 0.221 e. The lowest BCUT2D eigenvalue weighted by molar-refractivity contribution is -0.123. The van der Waals surface area contributed by atoms with E-state index in [1.165, 1.54) is 19.3 Å². The maximum atomic E-state index is 11.2. The second-order valence-corrected chi connectivity index (χ2v) is 6.18. The Bertz CT molecular complexity index is 365. The molecule has 1 amide bonds. The van der Waals surface area contributed by atoms with E-state index in [9.17, 15) is 4.79 Å². The predicted octanol–water partition coefficient (Wildman–Crippen LogP) is 0.374. The second kappa shape index (κ2) is 8.22. The van der Waals surface area contributed by atoms with Crippen LogP contribution in [0.1, 0.15) is 38.5 Å². The van der Waals surface area contributed by atoms with Crippen LogP contribution in [0.5, 0.6) is 0 Å². The van der Waals surface area contributed by atoms with Crippen molar-refractivity contribution in [3.05, 3.63) is 0 Å². The number of aliphatic imine (C=N–C) groups is 1. The third-order valence-electron chi connectivity index (χ3n) is 4.49. The molecule has 4 N–H and O–H groups in total. The van der Waals surface area contributed by atoms with E-state index in [0.29, 0.717) is 5.96 Å². The van der Waals surface area contributed by atoms with Crippen LogP contribution in [0.3, 0.4) is 0 Å².